The fourth-order valence-electron chi connectivity index (χ4n) is 0.606. The quantitative estimate of drug-likeness (QED) is 0.555. The zero-order valence-corrected chi connectivity index (χ0v) is 5.70. The Bertz CT molecular complexity index is 223. The maximum absolute atomic E-state index is 11.8. The normalized spacial score (nSPS) is 9.50. The van der Waals surface area contributed by atoms with E-state index in [1.165, 1.54) is 18.2 Å². The first-order chi connectivity index (χ1) is 4.70. The standard InChI is InChI=1S/C7H4ClF2/c8-6-3-1-2-5(4-6)7(9)10/h1-4H/q-1. The van der Waals surface area contributed by atoms with Gasteiger partial charge in [-0.3, -0.25) is 8.78 Å². The van der Waals surface area contributed by atoms with E-state index in [9.17, 15) is 8.78 Å². The first kappa shape index (κ1) is 7.35. The van der Waals surface area contributed by atoms with Crippen LogP contribution in [-0.4, -0.2) is 0 Å². The van der Waals surface area contributed by atoms with E-state index in [-0.39, 0.29) is 5.56 Å². The van der Waals surface area contributed by atoms with Crippen LogP contribution in [0, 0.1) is 6.43 Å². The Kier molecular flexibility index (Phi) is 2.12. The highest BCUT2D eigenvalue weighted by Crippen LogP contribution is 2.20. The summed E-state index contributed by atoms with van der Waals surface area (Å²) in [5, 5.41) is 0.324. The number of hydrogen-bond acceptors (Lipinski definition) is 0. The molecular formula is C7H4ClF2-. The minimum Gasteiger partial charge on any atom is -0.251 e. The fourth-order valence-corrected chi connectivity index (χ4v) is 0.796. The molecule has 1 rings (SSSR count). The van der Waals surface area contributed by atoms with Crippen molar-refractivity contribution in [3.8, 4) is 0 Å². The van der Waals surface area contributed by atoms with E-state index in [1.807, 2.05) is 0 Å². The second-order valence-electron chi connectivity index (χ2n) is 1.77. The summed E-state index contributed by atoms with van der Waals surface area (Å²) in [6.45, 7) is 0. The van der Waals surface area contributed by atoms with Gasteiger partial charge in [0.2, 0.25) is 0 Å². The minimum atomic E-state index is -1.71. The monoisotopic (exact) mass is 161 g/mol. The molecule has 0 radical (unpaired) electrons. The highest BCUT2D eigenvalue weighted by Gasteiger charge is 1.95. The summed E-state index contributed by atoms with van der Waals surface area (Å²) in [4.78, 5) is 0. The lowest BCUT2D eigenvalue weighted by molar-refractivity contribution is 0.325. The van der Waals surface area contributed by atoms with E-state index in [4.69, 9.17) is 11.6 Å². The molecule has 0 atom stereocenters. The predicted octanol–water partition coefficient (Wildman–Crippen LogP) is 3.12. The highest BCUT2D eigenvalue weighted by atomic mass is 35.5. The Labute approximate surface area is 62.4 Å². The molecule has 0 unspecified atom stereocenters. The van der Waals surface area contributed by atoms with Crippen molar-refractivity contribution in [1.29, 1.82) is 0 Å². The topological polar surface area (TPSA) is 0 Å². The summed E-state index contributed by atoms with van der Waals surface area (Å²) in [5.41, 5.74) is -0.118. The Morgan fingerprint density at radius 1 is 1.30 bits per heavy atom. The average Bonchev–Trinajstić information content (AvgIpc) is 1.88. The summed E-state index contributed by atoms with van der Waals surface area (Å²) in [6.07, 6.45) is -1.71. The van der Waals surface area contributed by atoms with Crippen molar-refractivity contribution in [3.63, 3.8) is 0 Å². The van der Waals surface area contributed by atoms with Crippen LogP contribution in [0.5, 0.6) is 0 Å². The molecule has 0 N–H and O–H groups in total. The molecule has 1 aromatic rings. The van der Waals surface area contributed by atoms with Crippen LogP contribution in [0.2, 0.25) is 5.02 Å². The van der Waals surface area contributed by atoms with Crippen LogP contribution >= 0.6 is 11.6 Å². The number of halogens is 3. The van der Waals surface area contributed by atoms with Gasteiger partial charge in [-0.1, -0.05) is 17.7 Å². The SMILES string of the molecule is F[C-](F)c1cccc(Cl)c1. The molecule has 54 valence electrons. The van der Waals surface area contributed by atoms with Crippen molar-refractivity contribution < 1.29 is 8.78 Å². The molecule has 0 heterocycles. The molecule has 0 aliphatic carbocycles. The first-order valence-electron chi connectivity index (χ1n) is 2.64. The van der Waals surface area contributed by atoms with E-state index in [0.29, 0.717) is 5.02 Å². The molecule has 0 saturated heterocycles. The van der Waals surface area contributed by atoms with E-state index in [1.54, 1.807) is 6.07 Å². The summed E-state index contributed by atoms with van der Waals surface area (Å²) in [6, 6.07) is 5.56. The van der Waals surface area contributed by atoms with Gasteiger partial charge in [-0.25, -0.2) is 0 Å². The van der Waals surface area contributed by atoms with Gasteiger partial charge in [0.15, 0.2) is 6.43 Å². The third-order valence-electron chi connectivity index (χ3n) is 1.04. The second kappa shape index (κ2) is 2.88. The number of hydrogen-bond donors (Lipinski definition) is 0. The van der Waals surface area contributed by atoms with E-state index >= 15 is 0 Å². The molecule has 0 aliphatic heterocycles. The van der Waals surface area contributed by atoms with Gasteiger partial charge >= 0.3 is 0 Å². The van der Waals surface area contributed by atoms with Crippen molar-refractivity contribution in [3.05, 3.63) is 41.3 Å². The molecule has 0 saturated carbocycles. The molecule has 0 aliphatic rings. The van der Waals surface area contributed by atoms with Gasteiger partial charge < -0.3 is 0 Å². The molecule has 3 heteroatoms. The van der Waals surface area contributed by atoms with Crippen LogP contribution in [0.25, 0.3) is 0 Å². The summed E-state index contributed by atoms with van der Waals surface area (Å²) >= 11 is 5.44. The van der Waals surface area contributed by atoms with Gasteiger partial charge in [-0.2, -0.15) is 6.07 Å². The average molecular weight is 162 g/mol. The van der Waals surface area contributed by atoms with Crippen molar-refractivity contribution in [2.45, 2.75) is 0 Å². The summed E-state index contributed by atoms with van der Waals surface area (Å²) < 4.78 is 23.6. The summed E-state index contributed by atoms with van der Waals surface area (Å²) in [5.74, 6) is 0. The van der Waals surface area contributed by atoms with Gasteiger partial charge in [0, 0.05) is 0 Å². The van der Waals surface area contributed by atoms with Crippen molar-refractivity contribution in [2.24, 2.45) is 0 Å². The molecule has 0 aromatic heterocycles. The molecule has 0 fully saturated rings. The maximum atomic E-state index is 11.8. The molecule has 0 nitrogen and oxygen atoms in total. The Balaban J connectivity index is 2.96. The first-order valence-corrected chi connectivity index (χ1v) is 3.02. The van der Waals surface area contributed by atoms with Gasteiger partial charge in [-0.05, 0) is 5.02 Å². The van der Waals surface area contributed by atoms with Crippen LogP contribution < -0.4 is 0 Å². The van der Waals surface area contributed by atoms with Crippen LogP contribution in [-0.2, 0) is 0 Å². The minimum absolute atomic E-state index is 0.118. The molecule has 0 bridgehead atoms. The van der Waals surface area contributed by atoms with Crippen LogP contribution in [0.15, 0.2) is 24.3 Å². The molecule has 0 amide bonds. The third kappa shape index (κ3) is 1.61. The Morgan fingerprint density at radius 3 is 2.40 bits per heavy atom. The lowest BCUT2D eigenvalue weighted by Gasteiger charge is -2.06. The predicted molar refractivity (Wildman–Crippen MR) is 36.0 cm³/mol. The zero-order chi connectivity index (χ0) is 7.56. The maximum Gasteiger partial charge on any atom is 0.158 e. The summed E-state index contributed by atoms with van der Waals surface area (Å²) in [7, 11) is 0. The van der Waals surface area contributed by atoms with Crippen LogP contribution in [0.4, 0.5) is 8.78 Å². The molecule has 0 spiro atoms. The largest absolute Gasteiger partial charge is 0.251 e. The van der Waals surface area contributed by atoms with Crippen molar-refractivity contribution >= 4 is 11.6 Å². The highest BCUT2D eigenvalue weighted by molar-refractivity contribution is 6.30. The van der Waals surface area contributed by atoms with E-state index < -0.39 is 6.43 Å². The Hall–Kier alpha value is -0.760. The third-order valence-corrected chi connectivity index (χ3v) is 1.28. The van der Waals surface area contributed by atoms with E-state index in [0.717, 1.165) is 0 Å². The molecule has 1 aromatic carbocycles. The zero-order valence-electron chi connectivity index (χ0n) is 4.94. The molecule has 10 heavy (non-hydrogen) atoms. The van der Waals surface area contributed by atoms with Crippen LogP contribution in [0.3, 0.4) is 0 Å². The number of benzene rings is 1. The fraction of sp³-hybridized carbons (Fsp3) is 0. The van der Waals surface area contributed by atoms with Crippen molar-refractivity contribution in [1.82, 2.24) is 0 Å². The smallest absolute Gasteiger partial charge is 0.158 e. The van der Waals surface area contributed by atoms with Gasteiger partial charge in [0.05, 0.1) is 0 Å². The van der Waals surface area contributed by atoms with Gasteiger partial charge in [0.1, 0.15) is 0 Å². The van der Waals surface area contributed by atoms with E-state index in [2.05, 4.69) is 0 Å². The lowest BCUT2D eigenvalue weighted by Crippen LogP contribution is -1.82. The van der Waals surface area contributed by atoms with Gasteiger partial charge in [0.25, 0.3) is 0 Å². The van der Waals surface area contributed by atoms with Gasteiger partial charge in [-0.15, -0.1) is 17.7 Å². The molecular weight excluding hydrogens is 158 g/mol. The second-order valence-corrected chi connectivity index (χ2v) is 2.21. The van der Waals surface area contributed by atoms with Crippen LogP contribution in [0.1, 0.15) is 5.56 Å². The van der Waals surface area contributed by atoms with Crippen molar-refractivity contribution in [2.75, 3.05) is 0 Å². The lowest BCUT2D eigenvalue weighted by atomic mass is 10.2. The Morgan fingerprint density at radius 2 is 2.00 bits per heavy atom. The number of rotatable bonds is 1.